The van der Waals surface area contributed by atoms with E-state index >= 15 is 0 Å². The Morgan fingerprint density at radius 1 is 1.00 bits per heavy atom. The molecule has 102 valence electrons. The van der Waals surface area contributed by atoms with Crippen LogP contribution in [0.4, 0.5) is 0 Å². The van der Waals surface area contributed by atoms with Gasteiger partial charge < -0.3 is 4.90 Å². The zero-order valence-corrected chi connectivity index (χ0v) is 12.4. The summed E-state index contributed by atoms with van der Waals surface area (Å²) < 4.78 is 0. The van der Waals surface area contributed by atoms with Crippen molar-refractivity contribution in [2.24, 2.45) is 0 Å². The van der Waals surface area contributed by atoms with Crippen molar-refractivity contribution in [2.75, 3.05) is 19.6 Å². The number of likely N-dealkylation sites (tertiary alicyclic amines) is 1. The average Bonchev–Trinajstić information content (AvgIpc) is 2.33. The van der Waals surface area contributed by atoms with Gasteiger partial charge in [-0.2, -0.15) is 0 Å². The van der Waals surface area contributed by atoms with Crippen molar-refractivity contribution in [3.05, 3.63) is 0 Å². The van der Waals surface area contributed by atoms with Crippen LogP contribution < -0.4 is 0 Å². The summed E-state index contributed by atoms with van der Waals surface area (Å²) in [4.78, 5) is 2.55. The van der Waals surface area contributed by atoms with E-state index < -0.39 is 0 Å². The molecule has 1 atom stereocenters. The fourth-order valence-corrected chi connectivity index (χ4v) is 3.02. The van der Waals surface area contributed by atoms with Crippen molar-refractivity contribution in [3.8, 4) is 0 Å². The number of nitrogens with zero attached hydrogens (tertiary/aromatic N) is 1. The minimum Gasteiger partial charge on any atom is -0.302 e. The van der Waals surface area contributed by atoms with Gasteiger partial charge in [-0.1, -0.05) is 51.9 Å². The molecule has 0 aromatic rings. The minimum atomic E-state index is 0.415. The Hall–Kier alpha value is 0.250. The lowest BCUT2D eigenvalue weighted by Crippen LogP contribution is -2.36. The molecule has 0 aromatic heterocycles. The maximum Gasteiger partial charge on any atom is 0.0463 e. The van der Waals surface area contributed by atoms with Crippen LogP contribution in [0, 0.1) is 0 Å². The summed E-state index contributed by atoms with van der Waals surface area (Å²) in [6, 6.07) is 0. The predicted molar refractivity (Wildman–Crippen MR) is 77.9 cm³/mol. The Balaban J connectivity index is 1.83. The van der Waals surface area contributed by atoms with Gasteiger partial charge in [-0.05, 0) is 32.4 Å². The highest BCUT2D eigenvalue weighted by molar-refractivity contribution is 6.20. The summed E-state index contributed by atoms with van der Waals surface area (Å²) in [5.41, 5.74) is 0. The van der Waals surface area contributed by atoms with Gasteiger partial charge in [-0.3, -0.25) is 0 Å². The van der Waals surface area contributed by atoms with Crippen molar-refractivity contribution < 1.29 is 0 Å². The first-order chi connectivity index (χ1) is 8.33. The summed E-state index contributed by atoms with van der Waals surface area (Å²) in [5.74, 6) is 0. The molecule has 1 fully saturated rings. The van der Waals surface area contributed by atoms with Gasteiger partial charge in [0, 0.05) is 11.9 Å². The van der Waals surface area contributed by atoms with E-state index in [1.54, 1.807) is 0 Å². The third kappa shape index (κ3) is 8.05. The summed E-state index contributed by atoms with van der Waals surface area (Å²) >= 11 is 6.18. The molecule has 17 heavy (non-hydrogen) atoms. The first-order valence-electron chi connectivity index (χ1n) is 7.69. The number of alkyl halides is 1. The summed E-state index contributed by atoms with van der Waals surface area (Å²) in [6.07, 6.45) is 13.8. The molecule has 0 N–H and O–H groups in total. The second kappa shape index (κ2) is 10.2. The lowest BCUT2D eigenvalue weighted by Gasteiger charge is -2.29. The number of hydrogen-bond acceptors (Lipinski definition) is 1. The Kier molecular flexibility index (Phi) is 9.18. The van der Waals surface area contributed by atoms with E-state index in [0.717, 1.165) is 6.54 Å². The Bertz CT molecular complexity index is 172. The molecule has 1 saturated heterocycles. The minimum absolute atomic E-state index is 0.415. The van der Waals surface area contributed by atoms with Crippen LogP contribution in [-0.2, 0) is 0 Å². The van der Waals surface area contributed by atoms with Gasteiger partial charge >= 0.3 is 0 Å². The van der Waals surface area contributed by atoms with E-state index in [4.69, 9.17) is 11.6 Å². The summed E-state index contributed by atoms with van der Waals surface area (Å²) in [5, 5.41) is 0.415. The van der Waals surface area contributed by atoms with Crippen LogP contribution in [0.15, 0.2) is 0 Å². The highest BCUT2D eigenvalue weighted by Crippen LogP contribution is 2.16. The van der Waals surface area contributed by atoms with E-state index in [9.17, 15) is 0 Å². The topological polar surface area (TPSA) is 3.24 Å². The Labute approximate surface area is 113 Å². The van der Waals surface area contributed by atoms with Crippen LogP contribution in [0.2, 0.25) is 0 Å². The van der Waals surface area contributed by atoms with Gasteiger partial charge in [0.1, 0.15) is 0 Å². The molecule has 0 bridgehead atoms. The zero-order valence-electron chi connectivity index (χ0n) is 11.6. The first-order valence-corrected chi connectivity index (χ1v) is 8.13. The zero-order chi connectivity index (χ0) is 12.3. The van der Waals surface area contributed by atoms with E-state index in [2.05, 4.69) is 11.8 Å². The maximum atomic E-state index is 6.18. The Morgan fingerprint density at radius 2 is 1.65 bits per heavy atom. The number of rotatable bonds is 9. The van der Waals surface area contributed by atoms with Gasteiger partial charge in [-0.25, -0.2) is 0 Å². The SMILES string of the molecule is CCCCCCCCCCN1CCCC(Cl)C1. The number of unbranched alkanes of at least 4 members (excludes halogenated alkanes) is 7. The number of halogens is 1. The lowest BCUT2D eigenvalue weighted by molar-refractivity contribution is 0.227. The quantitative estimate of drug-likeness (QED) is 0.423. The largest absolute Gasteiger partial charge is 0.302 e. The molecular weight excluding hydrogens is 230 g/mol. The van der Waals surface area contributed by atoms with Crippen LogP contribution in [-0.4, -0.2) is 29.9 Å². The van der Waals surface area contributed by atoms with Crippen molar-refractivity contribution in [3.63, 3.8) is 0 Å². The standard InChI is InChI=1S/C15H30ClN/c1-2-3-4-5-6-7-8-9-12-17-13-10-11-15(16)14-17/h15H,2-14H2,1H3. The van der Waals surface area contributed by atoms with E-state index in [1.165, 1.54) is 77.3 Å². The van der Waals surface area contributed by atoms with Crippen LogP contribution in [0.1, 0.15) is 71.1 Å². The molecule has 1 aliphatic heterocycles. The summed E-state index contributed by atoms with van der Waals surface area (Å²) in [6.45, 7) is 5.96. The van der Waals surface area contributed by atoms with Gasteiger partial charge in [0.15, 0.2) is 0 Å². The first kappa shape index (κ1) is 15.3. The van der Waals surface area contributed by atoms with Gasteiger partial charge in [0.2, 0.25) is 0 Å². The third-order valence-electron chi connectivity index (χ3n) is 3.78. The molecule has 1 unspecified atom stereocenters. The highest BCUT2D eigenvalue weighted by atomic mass is 35.5. The van der Waals surface area contributed by atoms with Crippen molar-refractivity contribution in [2.45, 2.75) is 76.5 Å². The molecule has 0 aromatic carbocycles. The summed E-state index contributed by atoms with van der Waals surface area (Å²) in [7, 11) is 0. The van der Waals surface area contributed by atoms with Crippen molar-refractivity contribution in [1.82, 2.24) is 4.90 Å². The normalized spacial score (nSPS) is 21.9. The molecule has 1 aliphatic rings. The molecule has 0 aliphatic carbocycles. The van der Waals surface area contributed by atoms with Crippen molar-refractivity contribution in [1.29, 1.82) is 0 Å². The predicted octanol–water partition coefficient (Wildman–Crippen LogP) is 4.83. The van der Waals surface area contributed by atoms with E-state index in [0.29, 0.717) is 5.38 Å². The van der Waals surface area contributed by atoms with Gasteiger partial charge in [-0.15, -0.1) is 11.6 Å². The highest BCUT2D eigenvalue weighted by Gasteiger charge is 2.16. The molecule has 0 radical (unpaired) electrons. The van der Waals surface area contributed by atoms with E-state index in [-0.39, 0.29) is 0 Å². The maximum absolute atomic E-state index is 6.18. The van der Waals surface area contributed by atoms with Crippen LogP contribution >= 0.6 is 11.6 Å². The van der Waals surface area contributed by atoms with E-state index in [1.807, 2.05) is 0 Å². The van der Waals surface area contributed by atoms with Crippen LogP contribution in [0.25, 0.3) is 0 Å². The molecule has 1 nitrogen and oxygen atoms in total. The smallest absolute Gasteiger partial charge is 0.0463 e. The average molecular weight is 260 g/mol. The Morgan fingerprint density at radius 3 is 2.29 bits per heavy atom. The molecule has 0 amide bonds. The molecule has 0 saturated carbocycles. The monoisotopic (exact) mass is 259 g/mol. The van der Waals surface area contributed by atoms with Gasteiger partial charge in [0.05, 0.1) is 0 Å². The fourth-order valence-electron chi connectivity index (χ4n) is 2.67. The number of piperidine rings is 1. The van der Waals surface area contributed by atoms with Crippen LogP contribution in [0.5, 0.6) is 0 Å². The molecule has 1 heterocycles. The lowest BCUT2D eigenvalue weighted by atomic mass is 10.1. The van der Waals surface area contributed by atoms with Crippen LogP contribution in [0.3, 0.4) is 0 Å². The second-order valence-corrected chi connectivity index (χ2v) is 6.13. The molecule has 0 spiro atoms. The molecular formula is C15H30ClN. The van der Waals surface area contributed by atoms with Crippen molar-refractivity contribution >= 4 is 11.6 Å². The fraction of sp³-hybridized carbons (Fsp3) is 1.00. The number of hydrogen-bond donors (Lipinski definition) is 0. The molecule has 1 rings (SSSR count). The van der Waals surface area contributed by atoms with Gasteiger partial charge in [0.25, 0.3) is 0 Å². The molecule has 2 heteroatoms. The second-order valence-electron chi connectivity index (χ2n) is 5.51. The third-order valence-corrected chi connectivity index (χ3v) is 4.13.